The van der Waals surface area contributed by atoms with Gasteiger partial charge in [0.05, 0.1) is 23.6 Å². The number of carbonyl (C=O) groups excluding carboxylic acids is 1. The Labute approximate surface area is 135 Å². The lowest BCUT2D eigenvalue weighted by Crippen LogP contribution is -2.04. The fourth-order valence-corrected chi connectivity index (χ4v) is 3.48. The molecule has 0 aliphatic heterocycles. The Kier molecular flexibility index (Phi) is 6.43. The molecule has 1 aromatic carbocycles. The lowest BCUT2D eigenvalue weighted by atomic mass is 10.2. The van der Waals surface area contributed by atoms with E-state index in [0.29, 0.717) is 26.8 Å². The van der Waals surface area contributed by atoms with Crippen LogP contribution in [0.1, 0.15) is 10.4 Å². The number of carbonyl (C=O) groups is 1. The van der Waals surface area contributed by atoms with Crippen LogP contribution in [0.5, 0.6) is 5.75 Å². The standard InChI is InChI=1S/C9H5Cl3I2O2/c10-1-2-16-8-5(13)3-4(9(12)15)6(11)7(8)14/h3H,1-2H2. The zero-order valence-corrected chi connectivity index (χ0v) is 14.3. The highest BCUT2D eigenvalue weighted by atomic mass is 127. The number of halogens is 5. The number of ether oxygens (including phenoxy) is 1. The van der Waals surface area contributed by atoms with Crippen LogP contribution in [-0.2, 0) is 0 Å². The van der Waals surface area contributed by atoms with Gasteiger partial charge >= 0.3 is 0 Å². The van der Waals surface area contributed by atoms with E-state index in [1.807, 2.05) is 22.6 Å². The normalized spacial score (nSPS) is 10.3. The molecule has 1 rings (SSSR count). The lowest BCUT2D eigenvalue weighted by molar-refractivity contribution is 0.108. The van der Waals surface area contributed by atoms with Crippen molar-refractivity contribution < 1.29 is 9.53 Å². The first-order chi connectivity index (χ1) is 7.49. The number of hydrogen-bond acceptors (Lipinski definition) is 2. The van der Waals surface area contributed by atoms with Gasteiger partial charge in [0, 0.05) is 0 Å². The first-order valence-corrected chi connectivity index (χ1v) is 7.50. The number of benzene rings is 1. The van der Waals surface area contributed by atoms with Crippen LogP contribution < -0.4 is 4.74 Å². The second-order valence-corrected chi connectivity index (χ2v) is 6.01. The van der Waals surface area contributed by atoms with Crippen LogP contribution in [0.2, 0.25) is 5.02 Å². The number of hydrogen-bond donors (Lipinski definition) is 0. The summed E-state index contributed by atoms with van der Waals surface area (Å²) in [5, 5.41) is -0.268. The van der Waals surface area contributed by atoms with E-state index in [1.54, 1.807) is 6.07 Å². The Bertz CT molecular complexity index is 424. The van der Waals surface area contributed by atoms with E-state index in [0.717, 1.165) is 3.57 Å². The smallest absolute Gasteiger partial charge is 0.253 e. The second kappa shape index (κ2) is 6.82. The minimum Gasteiger partial charge on any atom is -0.490 e. The highest BCUT2D eigenvalue weighted by Crippen LogP contribution is 2.36. The highest BCUT2D eigenvalue weighted by Gasteiger charge is 2.18. The van der Waals surface area contributed by atoms with Crippen LogP contribution in [0.15, 0.2) is 6.07 Å². The van der Waals surface area contributed by atoms with Crippen molar-refractivity contribution in [1.82, 2.24) is 0 Å². The summed E-state index contributed by atoms with van der Waals surface area (Å²) in [6, 6.07) is 1.60. The van der Waals surface area contributed by atoms with Gasteiger partial charge in [-0.2, -0.15) is 0 Å². The van der Waals surface area contributed by atoms with Gasteiger partial charge in [-0.25, -0.2) is 0 Å². The van der Waals surface area contributed by atoms with Gasteiger partial charge in [-0.3, -0.25) is 4.79 Å². The Balaban J connectivity index is 3.23. The van der Waals surface area contributed by atoms with Crippen LogP contribution in [0.25, 0.3) is 0 Å². The third kappa shape index (κ3) is 3.51. The molecule has 0 saturated heterocycles. The summed E-state index contributed by atoms with van der Waals surface area (Å²) in [6.07, 6.45) is 0. The summed E-state index contributed by atoms with van der Waals surface area (Å²) >= 11 is 21.0. The molecule has 0 aliphatic carbocycles. The molecule has 0 N–H and O–H groups in total. The molecule has 88 valence electrons. The molecule has 7 heteroatoms. The van der Waals surface area contributed by atoms with Crippen molar-refractivity contribution in [2.24, 2.45) is 0 Å². The lowest BCUT2D eigenvalue weighted by Gasteiger charge is -2.12. The summed E-state index contributed by atoms with van der Waals surface area (Å²) < 4.78 is 6.89. The molecule has 0 fully saturated rings. The summed E-state index contributed by atoms with van der Waals surface area (Å²) in [7, 11) is 0. The molecule has 0 aliphatic rings. The third-order valence-electron chi connectivity index (χ3n) is 1.65. The predicted molar refractivity (Wildman–Crippen MR) is 83.3 cm³/mol. The Morgan fingerprint density at radius 1 is 1.44 bits per heavy atom. The van der Waals surface area contributed by atoms with Crippen LogP contribution in [0.4, 0.5) is 0 Å². The minimum atomic E-state index is -0.579. The second-order valence-electron chi connectivity index (χ2n) is 2.67. The van der Waals surface area contributed by atoms with E-state index in [9.17, 15) is 4.79 Å². The molecule has 0 spiro atoms. The monoisotopic (exact) mass is 504 g/mol. The van der Waals surface area contributed by atoms with E-state index in [1.165, 1.54) is 0 Å². The van der Waals surface area contributed by atoms with Crippen LogP contribution >= 0.6 is 80.0 Å². The van der Waals surface area contributed by atoms with Gasteiger partial charge in [-0.15, -0.1) is 11.6 Å². The molecule has 0 saturated carbocycles. The number of alkyl halides is 1. The van der Waals surface area contributed by atoms with Gasteiger partial charge in [-0.1, -0.05) is 11.6 Å². The van der Waals surface area contributed by atoms with Crippen molar-refractivity contribution in [2.45, 2.75) is 0 Å². The zero-order valence-electron chi connectivity index (χ0n) is 7.70. The average Bonchev–Trinajstić information content (AvgIpc) is 2.23. The van der Waals surface area contributed by atoms with E-state index in [-0.39, 0.29) is 5.56 Å². The summed E-state index contributed by atoms with van der Waals surface area (Å²) in [5.41, 5.74) is 0.287. The average molecular weight is 505 g/mol. The van der Waals surface area contributed by atoms with Gasteiger partial charge in [0.25, 0.3) is 5.24 Å². The topological polar surface area (TPSA) is 26.3 Å². The molecule has 2 nitrogen and oxygen atoms in total. The van der Waals surface area contributed by atoms with Gasteiger partial charge in [0.1, 0.15) is 12.4 Å². The van der Waals surface area contributed by atoms with Crippen LogP contribution in [-0.4, -0.2) is 17.7 Å². The molecule has 0 atom stereocenters. The molecule has 0 radical (unpaired) electrons. The first-order valence-electron chi connectivity index (χ1n) is 4.05. The van der Waals surface area contributed by atoms with Crippen LogP contribution in [0, 0.1) is 7.14 Å². The Hall–Kier alpha value is 1.02. The van der Waals surface area contributed by atoms with Crippen LogP contribution in [0.3, 0.4) is 0 Å². The van der Waals surface area contributed by atoms with E-state index in [4.69, 9.17) is 39.5 Å². The molecular formula is C9H5Cl3I2O2. The fourth-order valence-electron chi connectivity index (χ4n) is 0.994. The predicted octanol–water partition coefficient (Wildman–Crippen LogP) is 4.55. The molecular weight excluding hydrogens is 500 g/mol. The maximum Gasteiger partial charge on any atom is 0.253 e. The summed E-state index contributed by atoms with van der Waals surface area (Å²) in [6.45, 7) is 0.387. The Morgan fingerprint density at radius 2 is 2.06 bits per heavy atom. The van der Waals surface area contributed by atoms with Crippen molar-refractivity contribution in [3.05, 3.63) is 23.8 Å². The van der Waals surface area contributed by atoms with Crippen molar-refractivity contribution in [2.75, 3.05) is 12.5 Å². The molecule has 16 heavy (non-hydrogen) atoms. The van der Waals surface area contributed by atoms with E-state index < -0.39 is 5.24 Å². The first kappa shape index (κ1) is 15.1. The maximum absolute atomic E-state index is 11.1. The van der Waals surface area contributed by atoms with E-state index >= 15 is 0 Å². The molecule has 0 unspecified atom stereocenters. The molecule has 0 aromatic heterocycles. The van der Waals surface area contributed by atoms with Crippen molar-refractivity contribution in [3.63, 3.8) is 0 Å². The molecule has 0 heterocycles. The van der Waals surface area contributed by atoms with E-state index in [2.05, 4.69) is 22.6 Å². The number of rotatable bonds is 4. The van der Waals surface area contributed by atoms with Crippen molar-refractivity contribution in [3.8, 4) is 5.75 Å². The van der Waals surface area contributed by atoms with Crippen molar-refractivity contribution in [1.29, 1.82) is 0 Å². The largest absolute Gasteiger partial charge is 0.490 e. The third-order valence-corrected chi connectivity index (χ3v) is 4.55. The summed E-state index contributed by atoms with van der Waals surface area (Å²) in [4.78, 5) is 11.1. The SMILES string of the molecule is O=C(Cl)c1cc(I)c(OCCCl)c(I)c1Cl. The van der Waals surface area contributed by atoms with Gasteiger partial charge < -0.3 is 4.74 Å². The van der Waals surface area contributed by atoms with Gasteiger partial charge in [0.2, 0.25) is 0 Å². The Morgan fingerprint density at radius 3 is 2.56 bits per heavy atom. The molecule has 0 amide bonds. The minimum absolute atomic E-state index is 0.287. The van der Waals surface area contributed by atoms with Gasteiger partial charge in [0.15, 0.2) is 0 Å². The fraction of sp³-hybridized carbons (Fsp3) is 0.222. The molecule has 1 aromatic rings. The zero-order chi connectivity index (χ0) is 12.3. The van der Waals surface area contributed by atoms with Gasteiger partial charge in [-0.05, 0) is 62.8 Å². The van der Waals surface area contributed by atoms with Crippen molar-refractivity contribution >= 4 is 85.2 Å². The summed E-state index contributed by atoms with van der Waals surface area (Å²) in [5.74, 6) is 1.02. The quantitative estimate of drug-likeness (QED) is 0.260. The molecule has 0 bridgehead atoms. The highest BCUT2D eigenvalue weighted by molar-refractivity contribution is 14.1. The maximum atomic E-state index is 11.1.